The van der Waals surface area contributed by atoms with Crippen LogP contribution < -0.4 is 0 Å². The van der Waals surface area contributed by atoms with E-state index in [9.17, 15) is 20.1 Å². The number of hydrogen-bond acceptors (Lipinski definition) is 3. The molecule has 0 radical (unpaired) electrons. The highest BCUT2D eigenvalue weighted by Crippen LogP contribution is 2.75. The standard InChI is InChI=1S/C29H44O4/c1-17-9-14-29(24(32)33)19(15-17)18-7-8-21-26(4)12-11-22(30)25(2,3)20(26)10-13-27(21,5)28(18,6)16-23(29)31/h7,19-23,30-31H,1,8-16H2,2-6H3,(H,32,33)/t19-,20-,21+,22-,23-,26-,27+,28+,29+/m0/s1. The highest BCUT2D eigenvalue weighted by atomic mass is 16.4. The van der Waals surface area contributed by atoms with E-state index in [1.165, 1.54) is 5.57 Å². The van der Waals surface area contributed by atoms with Crippen molar-refractivity contribution in [1.29, 1.82) is 0 Å². The number of hydrogen-bond donors (Lipinski definition) is 3. The van der Waals surface area contributed by atoms with Gasteiger partial charge in [0.05, 0.1) is 12.2 Å². The van der Waals surface area contributed by atoms with Crippen LogP contribution in [0.15, 0.2) is 23.8 Å². The number of fused-ring (bicyclic) bond motifs is 7. The van der Waals surface area contributed by atoms with Crippen molar-refractivity contribution in [3.8, 4) is 0 Å². The van der Waals surface area contributed by atoms with E-state index in [0.717, 1.165) is 37.7 Å². The molecule has 4 nitrogen and oxygen atoms in total. The lowest BCUT2D eigenvalue weighted by Gasteiger charge is -2.71. The largest absolute Gasteiger partial charge is 0.481 e. The molecular weight excluding hydrogens is 412 g/mol. The predicted molar refractivity (Wildman–Crippen MR) is 129 cm³/mol. The number of aliphatic hydroxyl groups is 2. The fourth-order valence-corrected chi connectivity index (χ4v) is 10.3. The summed E-state index contributed by atoms with van der Waals surface area (Å²) >= 11 is 0. The van der Waals surface area contributed by atoms with E-state index < -0.39 is 17.5 Å². The van der Waals surface area contributed by atoms with Crippen LogP contribution in [0.25, 0.3) is 0 Å². The number of allylic oxidation sites excluding steroid dienone is 3. The highest BCUT2D eigenvalue weighted by Gasteiger charge is 2.70. The molecule has 184 valence electrons. The lowest BCUT2D eigenvalue weighted by atomic mass is 9.33. The molecule has 0 aromatic heterocycles. The minimum atomic E-state index is -1.08. The Labute approximate surface area is 199 Å². The van der Waals surface area contributed by atoms with E-state index in [4.69, 9.17) is 0 Å². The molecule has 33 heavy (non-hydrogen) atoms. The Hall–Kier alpha value is -1.13. The molecule has 5 rings (SSSR count). The Kier molecular flexibility index (Phi) is 4.98. The van der Waals surface area contributed by atoms with Gasteiger partial charge in [0.2, 0.25) is 0 Å². The Balaban J connectivity index is 1.63. The third-order valence-corrected chi connectivity index (χ3v) is 12.5. The van der Waals surface area contributed by atoms with E-state index >= 15 is 0 Å². The average Bonchev–Trinajstić information content (AvgIpc) is 2.71. The van der Waals surface area contributed by atoms with Crippen molar-refractivity contribution >= 4 is 5.97 Å². The van der Waals surface area contributed by atoms with E-state index in [1.807, 2.05) is 0 Å². The zero-order valence-electron chi connectivity index (χ0n) is 21.3. The van der Waals surface area contributed by atoms with Crippen LogP contribution in [0.2, 0.25) is 0 Å². The first-order valence-electron chi connectivity index (χ1n) is 13.2. The Morgan fingerprint density at radius 3 is 2.36 bits per heavy atom. The maximum atomic E-state index is 12.7. The molecule has 0 amide bonds. The first-order chi connectivity index (χ1) is 15.2. The summed E-state index contributed by atoms with van der Waals surface area (Å²) in [5, 5.41) is 32.8. The number of aliphatic hydroxyl groups excluding tert-OH is 2. The van der Waals surface area contributed by atoms with E-state index in [1.54, 1.807) is 0 Å². The quantitative estimate of drug-likeness (QED) is 0.440. The SMILES string of the molecule is C=C1CC[C@]2(C(=O)O)[C@@H](O)C[C@]3(C)C(=CC[C@@H]4[C@@]5(C)CC[C@H](O)C(C)(C)[C@@H]5CC[C@]43C)[C@@H]2C1. The highest BCUT2D eigenvalue weighted by molar-refractivity contribution is 5.78. The summed E-state index contributed by atoms with van der Waals surface area (Å²) in [7, 11) is 0. The third kappa shape index (κ3) is 2.69. The van der Waals surface area contributed by atoms with Gasteiger partial charge in [0.1, 0.15) is 5.41 Å². The smallest absolute Gasteiger partial charge is 0.312 e. The minimum absolute atomic E-state index is 0.00509. The third-order valence-electron chi connectivity index (χ3n) is 12.5. The van der Waals surface area contributed by atoms with Crippen LogP contribution in [0.4, 0.5) is 0 Å². The fraction of sp³-hybridized carbons (Fsp3) is 0.828. The van der Waals surface area contributed by atoms with Crippen LogP contribution in [0.1, 0.15) is 92.4 Å². The van der Waals surface area contributed by atoms with Crippen molar-refractivity contribution in [1.82, 2.24) is 0 Å². The molecule has 5 aliphatic carbocycles. The summed E-state index contributed by atoms with van der Waals surface area (Å²) in [5.74, 6) is -0.0357. The van der Waals surface area contributed by atoms with Crippen molar-refractivity contribution in [2.75, 3.05) is 0 Å². The van der Waals surface area contributed by atoms with Gasteiger partial charge in [0.25, 0.3) is 0 Å². The lowest BCUT2D eigenvalue weighted by molar-refractivity contribution is -0.215. The summed E-state index contributed by atoms with van der Waals surface area (Å²) < 4.78 is 0. The number of aliphatic carboxylic acids is 1. The summed E-state index contributed by atoms with van der Waals surface area (Å²) in [4.78, 5) is 12.7. The second kappa shape index (κ2) is 6.97. The van der Waals surface area contributed by atoms with Crippen molar-refractivity contribution in [2.45, 2.75) is 105 Å². The molecule has 3 N–H and O–H groups in total. The molecule has 0 unspecified atom stereocenters. The molecule has 4 saturated carbocycles. The van der Waals surface area contributed by atoms with Gasteiger partial charge in [-0.1, -0.05) is 58.4 Å². The molecule has 4 heteroatoms. The van der Waals surface area contributed by atoms with Crippen LogP contribution >= 0.6 is 0 Å². The molecule has 5 aliphatic rings. The molecule has 0 spiro atoms. The van der Waals surface area contributed by atoms with Crippen molar-refractivity contribution < 1.29 is 20.1 Å². The predicted octanol–water partition coefficient (Wildman–Crippen LogP) is 5.73. The van der Waals surface area contributed by atoms with Crippen molar-refractivity contribution in [3.63, 3.8) is 0 Å². The van der Waals surface area contributed by atoms with Gasteiger partial charge in [-0.2, -0.15) is 0 Å². The zero-order valence-corrected chi connectivity index (χ0v) is 21.3. The molecule has 9 atom stereocenters. The first-order valence-corrected chi connectivity index (χ1v) is 13.2. The molecule has 0 aromatic rings. The molecule has 0 aliphatic heterocycles. The molecule has 4 fully saturated rings. The van der Waals surface area contributed by atoms with Gasteiger partial charge < -0.3 is 15.3 Å². The fourth-order valence-electron chi connectivity index (χ4n) is 10.3. The maximum Gasteiger partial charge on any atom is 0.312 e. The van der Waals surface area contributed by atoms with Crippen LogP contribution in [0, 0.1) is 44.8 Å². The van der Waals surface area contributed by atoms with Crippen LogP contribution in [-0.2, 0) is 4.79 Å². The Morgan fingerprint density at radius 1 is 1.00 bits per heavy atom. The van der Waals surface area contributed by atoms with E-state index in [0.29, 0.717) is 37.5 Å². The minimum Gasteiger partial charge on any atom is -0.481 e. The molecule has 0 heterocycles. The number of rotatable bonds is 1. The normalized spacial score (nSPS) is 53.1. The van der Waals surface area contributed by atoms with Gasteiger partial charge in [-0.05, 0) is 91.3 Å². The number of carbonyl (C=O) groups is 1. The molecule has 0 saturated heterocycles. The number of carboxylic acids is 1. The van der Waals surface area contributed by atoms with Gasteiger partial charge in [0, 0.05) is 5.92 Å². The lowest BCUT2D eigenvalue weighted by Crippen LogP contribution is -2.67. The van der Waals surface area contributed by atoms with Gasteiger partial charge >= 0.3 is 5.97 Å². The molecule has 0 bridgehead atoms. The number of carboxylic acid groups (broad SMARTS) is 1. The second-order valence-electron chi connectivity index (χ2n) is 13.7. The monoisotopic (exact) mass is 456 g/mol. The van der Waals surface area contributed by atoms with Gasteiger partial charge in [-0.25, -0.2) is 0 Å². The van der Waals surface area contributed by atoms with Crippen LogP contribution in [0.5, 0.6) is 0 Å². The van der Waals surface area contributed by atoms with Gasteiger partial charge in [-0.3, -0.25) is 4.79 Å². The maximum absolute atomic E-state index is 12.7. The summed E-state index contributed by atoms with van der Waals surface area (Å²) in [5.41, 5.74) is 1.18. The van der Waals surface area contributed by atoms with E-state index in [2.05, 4.69) is 47.3 Å². The van der Waals surface area contributed by atoms with E-state index in [-0.39, 0.29) is 33.7 Å². The van der Waals surface area contributed by atoms with Gasteiger partial charge in [-0.15, -0.1) is 0 Å². The summed E-state index contributed by atoms with van der Waals surface area (Å²) in [6.45, 7) is 16.0. The van der Waals surface area contributed by atoms with Crippen LogP contribution in [0.3, 0.4) is 0 Å². The van der Waals surface area contributed by atoms with Crippen molar-refractivity contribution in [3.05, 3.63) is 23.8 Å². The zero-order chi connectivity index (χ0) is 24.2. The molecular formula is C29H44O4. The van der Waals surface area contributed by atoms with Gasteiger partial charge in [0.15, 0.2) is 0 Å². The average molecular weight is 457 g/mol. The second-order valence-corrected chi connectivity index (χ2v) is 13.7. The summed E-state index contributed by atoms with van der Waals surface area (Å²) in [6, 6.07) is 0. The van der Waals surface area contributed by atoms with Crippen LogP contribution in [-0.4, -0.2) is 33.5 Å². The topological polar surface area (TPSA) is 77.8 Å². The first kappa shape index (κ1) is 23.6. The Bertz CT molecular complexity index is 919. The Morgan fingerprint density at radius 2 is 1.70 bits per heavy atom. The molecule has 0 aromatic carbocycles. The summed E-state index contributed by atoms with van der Waals surface area (Å²) in [6.07, 6.45) is 8.78. The van der Waals surface area contributed by atoms with Crippen molar-refractivity contribution in [2.24, 2.45) is 44.8 Å².